The third-order valence-corrected chi connectivity index (χ3v) is 3.29. The Kier molecular flexibility index (Phi) is 6.22. The van der Waals surface area contributed by atoms with Gasteiger partial charge in [0.25, 0.3) is 0 Å². The number of rotatable bonds is 3. The molecule has 3 nitrogen and oxygen atoms in total. The Hall–Kier alpha value is -0.120. The molecule has 3 heteroatoms. The van der Waals surface area contributed by atoms with Gasteiger partial charge in [0.15, 0.2) is 0 Å². The van der Waals surface area contributed by atoms with Crippen LogP contribution in [0.5, 0.6) is 0 Å². The van der Waals surface area contributed by atoms with E-state index in [2.05, 4.69) is 22.0 Å². The second kappa shape index (κ2) is 7.20. The maximum Gasteiger partial charge on any atom is 0.0110 e. The molecular formula is C12H27N3. The molecule has 0 amide bonds. The Morgan fingerprint density at radius 2 is 1.53 bits per heavy atom. The predicted molar refractivity (Wildman–Crippen MR) is 66.3 cm³/mol. The molecular weight excluding hydrogens is 186 g/mol. The van der Waals surface area contributed by atoms with E-state index in [4.69, 9.17) is 0 Å². The van der Waals surface area contributed by atoms with E-state index < -0.39 is 0 Å². The van der Waals surface area contributed by atoms with Crippen LogP contribution in [0.3, 0.4) is 0 Å². The van der Waals surface area contributed by atoms with Gasteiger partial charge in [0.1, 0.15) is 0 Å². The highest BCUT2D eigenvalue weighted by atomic mass is 15.3. The lowest BCUT2D eigenvalue weighted by molar-refractivity contribution is 0.110. The smallest absolute Gasteiger partial charge is 0.0110 e. The van der Waals surface area contributed by atoms with Gasteiger partial charge >= 0.3 is 0 Å². The highest BCUT2D eigenvalue weighted by molar-refractivity contribution is 4.80. The summed E-state index contributed by atoms with van der Waals surface area (Å²) in [4.78, 5) is 5.16. The molecule has 15 heavy (non-hydrogen) atoms. The Bertz CT molecular complexity index is 149. The summed E-state index contributed by atoms with van der Waals surface area (Å²) in [5.74, 6) is 0.938. The molecule has 0 radical (unpaired) electrons. The summed E-state index contributed by atoms with van der Waals surface area (Å²) < 4.78 is 0. The average Bonchev–Trinajstić information content (AvgIpc) is 2.27. The number of hydrogen-bond donors (Lipinski definition) is 1. The van der Waals surface area contributed by atoms with Gasteiger partial charge in [0.2, 0.25) is 0 Å². The number of likely N-dealkylation sites (N-methyl/N-ethyl adjacent to an activating group) is 1. The van der Waals surface area contributed by atoms with Crippen molar-refractivity contribution >= 4 is 0 Å². The first kappa shape index (κ1) is 12.9. The van der Waals surface area contributed by atoms with Gasteiger partial charge < -0.3 is 15.1 Å². The van der Waals surface area contributed by atoms with Gasteiger partial charge in [-0.25, -0.2) is 0 Å². The van der Waals surface area contributed by atoms with Crippen LogP contribution < -0.4 is 5.32 Å². The van der Waals surface area contributed by atoms with Crippen molar-refractivity contribution in [3.63, 3.8) is 0 Å². The van der Waals surface area contributed by atoms with Crippen LogP contribution in [0.15, 0.2) is 0 Å². The fourth-order valence-electron chi connectivity index (χ4n) is 2.13. The van der Waals surface area contributed by atoms with E-state index in [9.17, 15) is 0 Å². The molecule has 0 saturated carbocycles. The monoisotopic (exact) mass is 213 g/mol. The maximum atomic E-state index is 3.33. The fourth-order valence-corrected chi connectivity index (χ4v) is 2.13. The fraction of sp³-hybridized carbons (Fsp3) is 1.00. The molecule has 90 valence electrons. The van der Waals surface area contributed by atoms with Crippen LogP contribution in [-0.2, 0) is 0 Å². The summed E-state index contributed by atoms with van der Waals surface area (Å²) in [5, 5.41) is 3.33. The number of nitrogens with one attached hydrogen (secondary N) is 1. The van der Waals surface area contributed by atoms with Gasteiger partial charge in [-0.1, -0.05) is 20.8 Å². The third kappa shape index (κ3) is 4.09. The maximum absolute atomic E-state index is 3.33. The van der Waals surface area contributed by atoms with E-state index in [1.54, 1.807) is 0 Å². The first-order chi connectivity index (χ1) is 7.38. The van der Waals surface area contributed by atoms with Gasteiger partial charge in [0.05, 0.1) is 0 Å². The Labute approximate surface area is 94.8 Å². The summed E-state index contributed by atoms with van der Waals surface area (Å²) in [7, 11) is 0. The van der Waals surface area contributed by atoms with E-state index in [1.807, 2.05) is 13.8 Å². The Balaban J connectivity index is 0.000000531. The van der Waals surface area contributed by atoms with E-state index in [0.29, 0.717) is 0 Å². The molecule has 0 unspecified atom stereocenters. The van der Waals surface area contributed by atoms with Gasteiger partial charge in [0, 0.05) is 45.8 Å². The molecule has 0 bridgehead atoms. The van der Waals surface area contributed by atoms with Crippen molar-refractivity contribution in [2.24, 2.45) is 5.92 Å². The molecule has 2 aliphatic heterocycles. The minimum atomic E-state index is 0.938. The lowest BCUT2D eigenvalue weighted by atomic mass is 10.0. The van der Waals surface area contributed by atoms with Gasteiger partial charge in [-0.05, 0) is 12.5 Å². The van der Waals surface area contributed by atoms with Crippen LogP contribution in [0.2, 0.25) is 0 Å². The van der Waals surface area contributed by atoms with Gasteiger partial charge in [-0.2, -0.15) is 0 Å². The topological polar surface area (TPSA) is 18.5 Å². The molecule has 1 N–H and O–H groups in total. The largest absolute Gasteiger partial charge is 0.316 e. The third-order valence-electron chi connectivity index (χ3n) is 3.29. The van der Waals surface area contributed by atoms with Crippen molar-refractivity contribution in [1.29, 1.82) is 0 Å². The van der Waals surface area contributed by atoms with E-state index in [1.165, 1.54) is 52.4 Å². The summed E-state index contributed by atoms with van der Waals surface area (Å²) in [6, 6.07) is 0. The predicted octanol–water partition coefficient (Wildman–Crippen LogP) is 0.870. The SMILES string of the molecule is CC.CCN1CCN(CC2CNC2)CC1. The van der Waals surface area contributed by atoms with Crippen molar-refractivity contribution < 1.29 is 0 Å². The lowest BCUT2D eigenvalue weighted by Gasteiger charge is -2.38. The minimum Gasteiger partial charge on any atom is -0.316 e. The highest BCUT2D eigenvalue weighted by Crippen LogP contribution is 2.08. The van der Waals surface area contributed by atoms with Crippen LogP contribution in [0.25, 0.3) is 0 Å². The second-order valence-electron chi connectivity index (χ2n) is 4.26. The van der Waals surface area contributed by atoms with Crippen molar-refractivity contribution in [3.8, 4) is 0 Å². The normalized spacial score (nSPS) is 24.2. The van der Waals surface area contributed by atoms with E-state index in [-0.39, 0.29) is 0 Å². The zero-order chi connectivity index (χ0) is 11.1. The molecule has 0 aromatic rings. The first-order valence-corrected chi connectivity index (χ1v) is 6.54. The number of hydrogen-bond acceptors (Lipinski definition) is 3. The Morgan fingerprint density at radius 3 is 1.93 bits per heavy atom. The quantitative estimate of drug-likeness (QED) is 0.750. The van der Waals surface area contributed by atoms with Crippen molar-refractivity contribution in [2.75, 3.05) is 52.4 Å². The molecule has 2 heterocycles. The van der Waals surface area contributed by atoms with Gasteiger partial charge in [-0.15, -0.1) is 0 Å². The average molecular weight is 213 g/mol. The Morgan fingerprint density at radius 1 is 1.00 bits per heavy atom. The van der Waals surface area contributed by atoms with E-state index >= 15 is 0 Å². The molecule has 2 fully saturated rings. The minimum absolute atomic E-state index is 0.938. The summed E-state index contributed by atoms with van der Waals surface area (Å²) >= 11 is 0. The summed E-state index contributed by atoms with van der Waals surface area (Å²) in [6.45, 7) is 16.4. The summed E-state index contributed by atoms with van der Waals surface area (Å²) in [5.41, 5.74) is 0. The number of piperazine rings is 1. The van der Waals surface area contributed by atoms with Crippen molar-refractivity contribution in [2.45, 2.75) is 20.8 Å². The molecule has 2 aliphatic rings. The molecule has 0 aromatic heterocycles. The van der Waals surface area contributed by atoms with E-state index in [0.717, 1.165) is 5.92 Å². The van der Waals surface area contributed by atoms with Crippen LogP contribution in [0.1, 0.15) is 20.8 Å². The zero-order valence-electron chi connectivity index (χ0n) is 10.6. The molecule has 0 spiro atoms. The van der Waals surface area contributed by atoms with Crippen LogP contribution in [0, 0.1) is 5.92 Å². The second-order valence-corrected chi connectivity index (χ2v) is 4.26. The number of nitrogens with zero attached hydrogens (tertiary/aromatic N) is 2. The molecule has 0 atom stereocenters. The standard InChI is InChI=1S/C10H21N3.C2H6/c1-2-12-3-5-13(6-4-12)9-10-7-11-8-10;1-2/h10-11H,2-9H2,1H3;1-2H3. The summed E-state index contributed by atoms with van der Waals surface area (Å²) in [6.07, 6.45) is 0. The van der Waals surface area contributed by atoms with Crippen LogP contribution in [-0.4, -0.2) is 62.2 Å². The molecule has 2 saturated heterocycles. The van der Waals surface area contributed by atoms with Crippen LogP contribution >= 0.6 is 0 Å². The lowest BCUT2D eigenvalue weighted by Crippen LogP contribution is -2.53. The van der Waals surface area contributed by atoms with Crippen LogP contribution in [0.4, 0.5) is 0 Å². The van der Waals surface area contributed by atoms with Crippen molar-refractivity contribution in [1.82, 2.24) is 15.1 Å². The van der Waals surface area contributed by atoms with Crippen molar-refractivity contribution in [3.05, 3.63) is 0 Å². The zero-order valence-corrected chi connectivity index (χ0v) is 10.6. The molecule has 0 aliphatic carbocycles. The first-order valence-electron chi connectivity index (χ1n) is 6.54. The highest BCUT2D eigenvalue weighted by Gasteiger charge is 2.22. The molecule has 0 aromatic carbocycles. The van der Waals surface area contributed by atoms with Gasteiger partial charge in [-0.3, -0.25) is 0 Å². The molecule has 2 rings (SSSR count).